The molecule has 4 rings (SSSR count). The number of anilines is 1. The Balaban J connectivity index is 1.31. The molecule has 1 aromatic heterocycles. The third kappa shape index (κ3) is 4.28. The van der Waals surface area contributed by atoms with Gasteiger partial charge in [-0.15, -0.1) is 0 Å². The number of para-hydroxylation sites is 1. The van der Waals surface area contributed by atoms with Crippen molar-refractivity contribution in [3.8, 4) is 5.75 Å². The SMILES string of the molecule is CC1CN(c2ccc(CNC(=O)C3COc4ccccc4C3)cn2)CC(C)O1. The van der Waals surface area contributed by atoms with Crippen LogP contribution in [0.4, 0.5) is 5.82 Å². The predicted octanol–water partition coefficient (Wildman–Crippen LogP) is 2.56. The Morgan fingerprint density at radius 2 is 1.96 bits per heavy atom. The number of hydrogen-bond acceptors (Lipinski definition) is 5. The van der Waals surface area contributed by atoms with Crippen LogP contribution in [0.25, 0.3) is 0 Å². The fourth-order valence-corrected chi connectivity index (χ4v) is 3.90. The third-order valence-corrected chi connectivity index (χ3v) is 5.27. The first-order valence-corrected chi connectivity index (χ1v) is 9.92. The zero-order chi connectivity index (χ0) is 19.5. The van der Waals surface area contributed by atoms with E-state index in [0.29, 0.717) is 19.6 Å². The number of hydrogen-bond donors (Lipinski definition) is 1. The quantitative estimate of drug-likeness (QED) is 0.882. The van der Waals surface area contributed by atoms with Gasteiger partial charge in [-0.1, -0.05) is 24.3 Å². The minimum Gasteiger partial charge on any atom is -0.492 e. The number of aromatic nitrogens is 1. The predicted molar refractivity (Wildman–Crippen MR) is 107 cm³/mol. The molecule has 3 unspecified atom stereocenters. The lowest BCUT2D eigenvalue weighted by atomic mass is 9.96. The molecule has 0 saturated carbocycles. The number of fused-ring (bicyclic) bond motifs is 1. The molecule has 0 radical (unpaired) electrons. The number of nitrogens with zero attached hydrogens (tertiary/aromatic N) is 2. The lowest BCUT2D eigenvalue weighted by Crippen LogP contribution is -2.45. The van der Waals surface area contributed by atoms with Crippen molar-refractivity contribution in [1.29, 1.82) is 0 Å². The van der Waals surface area contributed by atoms with Crippen LogP contribution in [0.15, 0.2) is 42.6 Å². The minimum absolute atomic E-state index is 0.0226. The van der Waals surface area contributed by atoms with Crippen LogP contribution < -0.4 is 15.0 Å². The first kappa shape index (κ1) is 18.7. The molecule has 28 heavy (non-hydrogen) atoms. The van der Waals surface area contributed by atoms with Crippen molar-refractivity contribution in [1.82, 2.24) is 10.3 Å². The fraction of sp³-hybridized carbons (Fsp3) is 0.455. The zero-order valence-electron chi connectivity index (χ0n) is 16.4. The van der Waals surface area contributed by atoms with Crippen molar-refractivity contribution in [3.63, 3.8) is 0 Å². The number of carbonyl (C=O) groups excluding carboxylic acids is 1. The molecule has 1 N–H and O–H groups in total. The second-order valence-corrected chi connectivity index (χ2v) is 7.72. The van der Waals surface area contributed by atoms with Crippen LogP contribution in [0, 0.1) is 5.92 Å². The molecule has 6 heteroatoms. The molecule has 1 saturated heterocycles. The summed E-state index contributed by atoms with van der Waals surface area (Å²) in [6, 6.07) is 11.9. The first-order valence-electron chi connectivity index (χ1n) is 9.92. The van der Waals surface area contributed by atoms with E-state index in [9.17, 15) is 4.79 Å². The molecule has 148 valence electrons. The summed E-state index contributed by atoms with van der Waals surface area (Å²) in [6.07, 6.45) is 2.96. The van der Waals surface area contributed by atoms with Crippen molar-refractivity contribution in [2.24, 2.45) is 5.92 Å². The number of rotatable bonds is 4. The van der Waals surface area contributed by atoms with Crippen LogP contribution in [0.1, 0.15) is 25.0 Å². The largest absolute Gasteiger partial charge is 0.492 e. The van der Waals surface area contributed by atoms with Gasteiger partial charge in [-0.05, 0) is 43.5 Å². The summed E-state index contributed by atoms with van der Waals surface area (Å²) in [5, 5.41) is 3.02. The normalized spacial score (nSPS) is 24.2. The van der Waals surface area contributed by atoms with Gasteiger partial charge in [0.05, 0.1) is 18.1 Å². The highest BCUT2D eigenvalue weighted by Gasteiger charge is 2.26. The molecule has 0 aliphatic carbocycles. The molecular formula is C22H27N3O3. The Morgan fingerprint density at radius 3 is 2.71 bits per heavy atom. The smallest absolute Gasteiger partial charge is 0.227 e. The summed E-state index contributed by atoms with van der Waals surface area (Å²) in [4.78, 5) is 19.4. The van der Waals surface area contributed by atoms with Crippen LogP contribution in [-0.2, 0) is 22.5 Å². The van der Waals surface area contributed by atoms with Crippen molar-refractivity contribution >= 4 is 11.7 Å². The lowest BCUT2D eigenvalue weighted by molar-refractivity contribution is -0.126. The van der Waals surface area contributed by atoms with Gasteiger partial charge in [0, 0.05) is 25.8 Å². The monoisotopic (exact) mass is 381 g/mol. The van der Waals surface area contributed by atoms with Crippen LogP contribution >= 0.6 is 0 Å². The molecule has 3 heterocycles. The topological polar surface area (TPSA) is 63.7 Å². The van der Waals surface area contributed by atoms with E-state index in [1.165, 1.54) is 0 Å². The van der Waals surface area contributed by atoms with E-state index in [4.69, 9.17) is 9.47 Å². The van der Waals surface area contributed by atoms with Gasteiger partial charge >= 0.3 is 0 Å². The maximum atomic E-state index is 12.5. The zero-order valence-corrected chi connectivity index (χ0v) is 16.4. The van der Waals surface area contributed by atoms with Gasteiger partial charge in [0.2, 0.25) is 5.91 Å². The number of amides is 1. The molecule has 0 spiro atoms. The average Bonchev–Trinajstić information content (AvgIpc) is 2.71. The molecule has 1 fully saturated rings. The van der Waals surface area contributed by atoms with Gasteiger partial charge in [-0.3, -0.25) is 4.79 Å². The number of morpholine rings is 1. The molecule has 6 nitrogen and oxygen atoms in total. The maximum Gasteiger partial charge on any atom is 0.227 e. The van der Waals surface area contributed by atoms with Crippen molar-refractivity contribution in [2.75, 3.05) is 24.6 Å². The van der Waals surface area contributed by atoms with E-state index >= 15 is 0 Å². The number of nitrogens with one attached hydrogen (secondary N) is 1. The van der Waals surface area contributed by atoms with Gasteiger partial charge in [-0.25, -0.2) is 4.98 Å². The van der Waals surface area contributed by atoms with Gasteiger partial charge in [0.1, 0.15) is 18.2 Å². The molecule has 0 bridgehead atoms. The fourth-order valence-electron chi connectivity index (χ4n) is 3.90. The summed E-state index contributed by atoms with van der Waals surface area (Å²) < 4.78 is 11.5. The van der Waals surface area contributed by atoms with Crippen molar-refractivity contribution < 1.29 is 14.3 Å². The van der Waals surface area contributed by atoms with Crippen LogP contribution in [0.3, 0.4) is 0 Å². The number of ether oxygens (including phenoxy) is 2. The Hall–Kier alpha value is -2.60. The Bertz CT molecular complexity index is 814. The number of carbonyl (C=O) groups is 1. The standard InChI is InChI=1S/C22H27N3O3/c1-15-12-25(13-16(2)28-15)21-8-7-17(10-23-21)11-24-22(26)19-9-18-5-3-4-6-20(18)27-14-19/h3-8,10,15-16,19H,9,11-14H2,1-2H3,(H,24,26). The highest BCUT2D eigenvalue weighted by molar-refractivity contribution is 5.79. The summed E-state index contributed by atoms with van der Waals surface area (Å²) in [5.74, 6) is 1.71. The van der Waals surface area contributed by atoms with E-state index in [0.717, 1.165) is 35.8 Å². The number of benzene rings is 1. The van der Waals surface area contributed by atoms with Crippen LogP contribution in [0.2, 0.25) is 0 Å². The maximum absolute atomic E-state index is 12.5. The summed E-state index contributed by atoms with van der Waals surface area (Å²) in [6.45, 7) is 6.75. The molecule has 1 amide bonds. The Kier molecular flexibility index (Phi) is 5.48. The highest BCUT2D eigenvalue weighted by Crippen LogP contribution is 2.27. The second kappa shape index (κ2) is 8.19. The van der Waals surface area contributed by atoms with E-state index in [-0.39, 0.29) is 24.0 Å². The molecule has 3 atom stereocenters. The minimum atomic E-state index is -0.154. The van der Waals surface area contributed by atoms with Crippen LogP contribution in [0.5, 0.6) is 5.75 Å². The van der Waals surface area contributed by atoms with Gasteiger partial charge in [-0.2, -0.15) is 0 Å². The van der Waals surface area contributed by atoms with E-state index in [1.54, 1.807) is 0 Å². The van der Waals surface area contributed by atoms with Gasteiger partial charge in [0.25, 0.3) is 0 Å². The molecule has 2 aliphatic heterocycles. The highest BCUT2D eigenvalue weighted by atomic mass is 16.5. The molecule has 2 aliphatic rings. The van der Waals surface area contributed by atoms with E-state index < -0.39 is 0 Å². The summed E-state index contributed by atoms with van der Waals surface area (Å²) in [7, 11) is 0. The van der Waals surface area contributed by atoms with E-state index in [2.05, 4.69) is 29.0 Å². The first-order chi connectivity index (χ1) is 13.6. The summed E-state index contributed by atoms with van der Waals surface area (Å²) >= 11 is 0. The van der Waals surface area contributed by atoms with Crippen LogP contribution in [-0.4, -0.2) is 42.8 Å². The second-order valence-electron chi connectivity index (χ2n) is 7.72. The third-order valence-electron chi connectivity index (χ3n) is 5.27. The lowest BCUT2D eigenvalue weighted by Gasteiger charge is -2.36. The summed E-state index contributed by atoms with van der Waals surface area (Å²) in [5.41, 5.74) is 2.08. The van der Waals surface area contributed by atoms with Gasteiger partial charge < -0.3 is 19.7 Å². The number of pyridine rings is 1. The molecule has 1 aromatic carbocycles. The van der Waals surface area contributed by atoms with Crippen molar-refractivity contribution in [2.45, 2.75) is 39.0 Å². The molecule has 2 aromatic rings. The Morgan fingerprint density at radius 1 is 1.18 bits per heavy atom. The van der Waals surface area contributed by atoms with Gasteiger partial charge in [0.15, 0.2) is 0 Å². The average molecular weight is 381 g/mol. The molecular weight excluding hydrogens is 354 g/mol. The van der Waals surface area contributed by atoms with E-state index in [1.807, 2.05) is 42.6 Å². The van der Waals surface area contributed by atoms with Crippen molar-refractivity contribution in [3.05, 3.63) is 53.7 Å². The Labute approximate surface area is 165 Å².